The number of primary amides is 1. The van der Waals surface area contributed by atoms with E-state index in [1.165, 1.54) is 0 Å². The lowest BCUT2D eigenvalue weighted by Crippen LogP contribution is -2.22. The van der Waals surface area contributed by atoms with Crippen molar-refractivity contribution in [1.82, 2.24) is 0 Å². The molecular formula is C9H6F6N2O. The first-order valence-electron chi connectivity index (χ1n) is 4.36. The highest BCUT2D eigenvalue weighted by atomic mass is 19.4. The van der Waals surface area contributed by atoms with Crippen molar-refractivity contribution in [3.8, 4) is 0 Å². The van der Waals surface area contributed by atoms with Crippen LogP contribution >= 0.6 is 0 Å². The fraction of sp³-hybridized carbons (Fsp3) is 0.222. The maximum absolute atomic E-state index is 12.5. The summed E-state index contributed by atoms with van der Waals surface area (Å²) in [6.07, 6.45) is -9.95. The molecule has 100 valence electrons. The van der Waals surface area contributed by atoms with Crippen molar-refractivity contribution in [2.75, 3.05) is 5.32 Å². The molecule has 0 saturated heterocycles. The molecule has 0 bridgehead atoms. The fourth-order valence-corrected chi connectivity index (χ4v) is 1.20. The van der Waals surface area contributed by atoms with Crippen molar-refractivity contribution in [1.29, 1.82) is 0 Å². The van der Waals surface area contributed by atoms with Gasteiger partial charge in [0.15, 0.2) is 0 Å². The van der Waals surface area contributed by atoms with Crippen LogP contribution in [0.15, 0.2) is 18.2 Å². The molecule has 0 radical (unpaired) electrons. The standard InChI is InChI=1S/C9H6F6N2O/c10-8(11,12)4-1-2-6(17-7(16)18)5(3-4)9(13,14)15/h1-3H,(H3,16,17,18). The number of rotatable bonds is 1. The van der Waals surface area contributed by atoms with E-state index in [0.717, 1.165) is 0 Å². The van der Waals surface area contributed by atoms with Gasteiger partial charge in [0.1, 0.15) is 0 Å². The van der Waals surface area contributed by atoms with Gasteiger partial charge in [-0.25, -0.2) is 4.79 Å². The molecule has 2 amide bonds. The number of carbonyl (C=O) groups excluding carboxylic acids is 1. The third-order valence-corrected chi connectivity index (χ3v) is 1.91. The number of amides is 2. The smallest absolute Gasteiger partial charge is 0.351 e. The minimum absolute atomic E-state index is 0.0920. The van der Waals surface area contributed by atoms with Crippen LogP contribution in [0.5, 0.6) is 0 Å². The molecule has 1 aromatic rings. The Kier molecular flexibility index (Phi) is 3.45. The predicted molar refractivity (Wildman–Crippen MR) is 49.7 cm³/mol. The van der Waals surface area contributed by atoms with Crippen molar-refractivity contribution in [3.63, 3.8) is 0 Å². The molecular weight excluding hydrogens is 266 g/mol. The van der Waals surface area contributed by atoms with Gasteiger partial charge in [-0.15, -0.1) is 0 Å². The van der Waals surface area contributed by atoms with Crippen LogP contribution in [0.1, 0.15) is 11.1 Å². The largest absolute Gasteiger partial charge is 0.418 e. The van der Waals surface area contributed by atoms with Gasteiger partial charge in [-0.1, -0.05) is 0 Å². The number of anilines is 1. The molecule has 3 nitrogen and oxygen atoms in total. The summed E-state index contributed by atoms with van der Waals surface area (Å²) in [6.45, 7) is 0. The summed E-state index contributed by atoms with van der Waals surface area (Å²) in [6, 6.07) is -0.484. The van der Waals surface area contributed by atoms with Crippen LogP contribution in [-0.4, -0.2) is 6.03 Å². The number of carbonyl (C=O) groups is 1. The number of hydrogen-bond acceptors (Lipinski definition) is 1. The Hall–Kier alpha value is -1.93. The molecule has 0 aromatic heterocycles. The van der Waals surface area contributed by atoms with Gasteiger partial charge in [-0.05, 0) is 18.2 Å². The molecule has 0 spiro atoms. The zero-order chi connectivity index (χ0) is 14.1. The van der Waals surface area contributed by atoms with Gasteiger partial charge in [0.2, 0.25) is 0 Å². The van der Waals surface area contributed by atoms with Crippen molar-refractivity contribution in [2.45, 2.75) is 12.4 Å². The second kappa shape index (κ2) is 4.39. The molecule has 18 heavy (non-hydrogen) atoms. The third-order valence-electron chi connectivity index (χ3n) is 1.91. The molecule has 0 atom stereocenters. The van der Waals surface area contributed by atoms with Crippen LogP contribution in [0, 0.1) is 0 Å². The lowest BCUT2D eigenvalue weighted by Gasteiger charge is -2.15. The maximum Gasteiger partial charge on any atom is 0.418 e. The van der Waals surface area contributed by atoms with Gasteiger partial charge < -0.3 is 11.1 Å². The fourth-order valence-electron chi connectivity index (χ4n) is 1.20. The molecule has 0 unspecified atom stereocenters. The van der Waals surface area contributed by atoms with E-state index in [1.54, 1.807) is 5.32 Å². The van der Waals surface area contributed by atoms with Gasteiger partial charge in [0.05, 0.1) is 16.8 Å². The number of nitrogens with two attached hydrogens (primary N) is 1. The Morgan fingerprint density at radius 3 is 2.00 bits per heavy atom. The Bertz CT molecular complexity index is 465. The number of halogens is 6. The van der Waals surface area contributed by atoms with Crippen LogP contribution in [0.3, 0.4) is 0 Å². The van der Waals surface area contributed by atoms with Gasteiger partial charge in [0, 0.05) is 0 Å². The molecule has 1 aromatic carbocycles. The Balaban J connectivity index is 3.34. The van der Waals surface area contributed by atoms with Crippen molar-refractivity contribution >= 4 is 11.7 Å². The highest BCUT2D eigenvalue weighted by Crippen LogP contribution is 2.39. The first-order valence-corrected chi connectivity index (χ1v) is 4.36. The van der Waals surface area contributed by atoms with E-state index in [0.29, 0.717) is 12.1 Å². The highest BCUT2D eigenvalue weighted by molar-refractivity contribution is 5.88. The first kappa shape index (κ1) is 14.1. The molecule has 0 aliphatic rings. The summed E-state index contributed by atoms with van der Waals surface area (Å²) in [5, 5.41) is 1.61. The number of urea groups is 1. The van der Waals surface area contributed by atoms with Crippen molar-refractivity contribution in [2.24, 2.45) is 5.73 Å². The Morgan fingerprint density at radius 2 is 1.61 bits per heavy atom. The van der Waals surface area contributed by atoms with E-state index < -0.39 is 35.2 Å². The monoisotopic (exact) mass is 272 g/mol. The van der Waals surface area contributed by atoms with Gasteiger partial charge in [-0.2, -0.15) is 26.3 Å². The molecule has 1 rings (SSSR count). The maximum atomic E-state index is 12.5. The van der Waals surface area contributed by atoms with Gasteiger partial charge >= 0.3 is 18.4 Å². The van der Waals surface area contributed by atoms with E-state index in [2.05, 4.69) is 5.73 Å². The van der Waals surface area contributed by atoms with Crippen molar-refractivity contribution < 1.29 is 31.1 Å². The summed E-state index contributed by atoms with van der Waals surface area (Å²) in [5.74, 6) is 0. The summed E-state index contributed by atoms with van der Waals surface area (Å²) >= 11 is 0. The van der Waals surface area contributed by atoms with Crippen LogP contribution in [0.4, 0.5) is 36.8 Å². The molecule has 0 aliphatic carbocycles. The highest BCUT2D eigenvalue weighted by Gasteiger charge is 2.38. The van der Waals surface area contributed by atoms with Crippen molar-refractivity contribution in [3.05, 3.63) is 29.3 Å². The average Bonchev–Trinajstić information content (AvgIpc) is 2.13. The number of benzene rings is 1. The van der Waals surface area contributed by atoms with Crippen LogP contribution in [0.25, 0.3) is 0 Å². The van der Waals surface area contributed by atoms with Crippen LogP contribution in [0.2, 0.25) is 0 Å². The second-order valence-electron chi connectivity index (χ2n) is 3.25. The SMILES string of the molecule is NC(=O)Nc1ccc(C(F)(F)F)cc1C(F)(F)F. The van der Waals surface area contributed by atoms with E-state index in [9.17, 15) is 31.1 Å². The third kappa shape index (κ3) is 3.28. The Labute approximate surface area is 96.6 Å². The lowest BCUT2D eigenvalue weighted by molar-refractivity contribution is -0.142. The lowest BCUT2D eigenvalue weighted by atomic mass is 10.1. The molecule has 3 N–H and O–H groups in total. The molecule has 0 saturated carbocycles. The second-order valence-corrected chi connectivity index (χ2v) is 3.25. The average molecular weight is 272 g/mol. The minimum atomic E-state index is -5.04. The summed E-state index contributed by atoms with van der Waals surface area (Å²) in [7, 11) is 0. The number of nitrogens with one attached hydrogen (secondary N) is 1. The Morgan fingerprint density at radius 1 is 1.06 bits per heavy atom. The van der Waals surface area contributed by atoms with E-state index in [1.807, 2.05) is 0 Å². The molecule has 0 aliphatic heterocycles. The zero-order valence-electron chi connectivity index (χ0n) is 8.49. The van der Waals surface area contributed by atoms with Crippen LogP contribution < -0.4 is 11.1 Å². The first-order chi connectivity index (χ1) is 8.01. The molecule has 9 heteroatoms. The summed E-state index contributed by atoms with van der Waals surface area (Å²) in [4.78, 5) is 10.5. The zero-order valence-corrected chi connectivity index (χ0v) is 8.49. The number of hydrogen-bond donors (Lipinski definition) is 2. The van der Waals surface area contributed by atoms with E-state index in [-0.39, 0.29) is 6.07 Å². The van der Waals surface area contributed by atoms with E-state index in [4.69, 9.17) is 0 Å². The minimum Gasteiger partial charge on any atom is -0.351 e. The molecule has 0 fully saturated rings. The summed E-state index contributed by atoms with van der Waals surface area (Å²) in [5.41, 5.74) is 0.708. The normalized spacial score (nSPS) is 12.3. The quantitative estimate of drug-likeness (QED) is 0.758. The van der Waals surface area contributed by atoms with E-state index >= 15 is 0 Å². The van der Waals surface area contributed by atoms with Crippen LogP contribution in [-0.2, 0) is 12.4 Å². The summed E-state index contributed by atoms with van der Waals surface area (Å²) < 4.78 is 74.3. The molecule has 0 heterocycles. The topological polar surface area (TPSA) is 55.1 Å². The van der Waals surface area contributed by atoms with Gasteiger partial charge in [0.25, 0.3) is 0 Å². The van der Waals surface area contributed by atoms with Gasteiger partial charge in [-0.3, -0.25) is 0 Å². The predicted octanol–water partition coefficient (Wildman–Crippen LogP) is 3.21. The number of alkyl halides is 6.